The van der Waals surface area contributed by atoms with Crippen LogP contribution in [0.4, 0.5) is 5.69 Å². The van der Waals surface area contributed by atoms with Gasteiger partial charge in [-0.15, -0.1) is 0 Å². The molecule has 7 heteroatoms. The summed E-state index contributed by atoms with van der Waals surface area (Å²) < 4.78 is 32.3. The third kappa shape index (κ3) is 3.91. The molecule has 1 aromatic heterocycles. The van der Waals surface area contributed by atoms with Gasteiger partial charge in [-0.05, 0) is 55.3 Å². The number of halogens is 1. The molecule has 1 aliphatic heterocycles. The average molecular weight is 431 g/mol. The Morgan fingerprint density at radius 1 is 1.00 bits per heavy atom. The fourth-order valence-corrected chi connectivity index (χ4v) is 5.44. The molecule has 0 N–H and O–H groups in total. The van der Waals surface area contributed by atoms with Crippen molar-refractivity contribution in [2.24, 2.45) is 0 Å². The highest BCUT2D eigenvalue weighted by Gasteiger charge is 2.27. The van der Waals surface area contributed by atoms with Crippen molar-refractivity contribution >= 4 is 38.0 Å². The van der Waals surface area contributed by atoms with Gasteiger partial charge in [-0.1, -0.05) is 24.4 Å². The molecule has 29 heavy (non-hydrogen) atoms. The molecule has 152 valence electrons. The number of hydrogen-bond acceptors (Lipinski definition) is 5. The van der Waals surface area contributed by atoms with E-state index in [1.54, 1.807) is 37.4 Å². The van der Waals surface area contributed by atoms with Crippen LogP contribution in [0.15, 0.2) is 58.5 Å². The zero-order valence-electron chi connectivity index (χ0n) is 16.3. The summed E-state index contributed by atoms with van der Waals surface area (Å²) in [5.41, 5.74) is 1.44. The van der Waals surface area contributed by atoms with E-state index in [1.807, 2.05) is 12.1 Å². The zero-order chi connectivity index (χ0) is 20.4. The van der Waals surface area contributed by atoms with E-state index < -0.39 is 9.84 Å². The maximum absolute atomic E-state index is 13.6. The lowest BCUT2D eigenvalue weighted by atomic mass is 10.1. The van der Waals surface area contributed by atoms with Gasteiger partial charge in [-0.25, -0.2) is 8.42 Å². The molecule has 0 aliphatic carbocycles. The van der Waals surface area contributed by atoms with Gasteiger partial charge in [0.25, 0.3) is 0 Å². The van der Waals surface area contributed by atoms with Crippen LogP contribution in [0.25, 0.3) is 10.9 Å². The molecule has 1 fully saturated rings. The van der Waals surface area contributed by atoms with Gasteiger partial charge in [0.15, 0.2) is 0 Å². The first kappa shape index (κ1) is 20.0. The minimum Gasteiger partial charge on any atom is -0.497 e. The lowest BCUT2D eigenvalue weighted by molar-refractivity contribution is 0.414. The molecule has 0 amide bonds. The van der Waals surface area contributed by atoms with Crippen LogP contribution in [0.5, 0.6) is 5.75 Å². The second-order valence-electron chi connectivity index (χ2n) is 7.21. The van der Waals surface area contributed by atoms with Crippen LogP contribution < -0.4 is 9.64 Å². The number of ether oxygens (including phenoxy) is 1. The number of rotatable bonds is 4. The van der Waals surface area contributed by atoms with Gasteiger partial charge in [-0.2, -0.15) is 0 Å². The molecular weight excluding hydrogens is 408 g/mol. The lowest BCUT2D eigenvalue weighted by Crippen LogP contribution is -2.26. The topological polar surface area (TPSA) is 59.5 Å². The molecule has 0 unspecified atom stereocenters. The Labute approximate surface area is 176 Å². The van der Waals surface area contributed by atoms with Crippen LogP contribution in [0.2, 0.25) is 5.02 Å². The number of sulfone groups is 1. The van der Waals surface area contributed by atoms with Crippen molar-refractivity contribution in [1.29, 1.82) is 0 Å². The SMILES string of the molecule is COc1ccc(S(=O)(=O)c2cnc3ccc(Cl)cc3c2N2CCCCCC2)cc1. The standard InChI is InChI=1S/C22H23ClN2O3S/c1-28-17-7-9-18(10-8-17)29(26,27)21-15-24-20-11-6-16(23)14-19(20)22(21)25-12-4-2-3-5-13-25/h6-11,14-15H,2-5,12-13H2,1H3. The second-order valence-corrected chi connectivity index (χ2v) is 9.57. The first-order chi connectivity index (χ1) is 14.0. The molecule has 1 aliphatic rings. The fourth-order valence-electron chi connectivity index (χ4n) is 3.83. The molecule has 5 nitrogen and oxygen atoms in total. The van der Waals surface area contributed by atoms with Gasteiger partial charge in [0.2, 0.25) is 9.84 Å². The van der Waals surface area contributed by atoms with Crippen molar-refractivity contribution in [2.75, 3.05) is 25.1 Å². The van der Waals surface area contributed by atoms with E-state index in [2.05, 4.69) is 9.88 Å². The van der Waals surface area contributed by atoms with Gasteiger partial charge in [-0.3, -0.25) is 4.98 Å². The van der Waals surface area contributed by atoms with Gasteiger partial charge in [0.1, 0.15) is 10.6 Å². The maximum atomic E-state index is 13.6. The highest BCUT2D eigenvalue weighted by Crippen LogP contribution is 2.38. The second kappa shape index (κ2) is 8.20. The number of fused-ring (bicyclic) bond motifs is 1. The first-order valence-electron chi connectivity index (χ1n) is 9.73. The van der Waals surface area contributed by atoms with Gasteiger partial charge < -0.3 is 9.64 Å². The predicted molar refractivity (Wildman–Crippen MR) is 116 cm³/mol. The third-order valence-electron chi connectivity index (χ3n) is 5.35. The Bertz CT molecular complexity index is 1120. The predicted octanol–water partition coefficient (Wildman–Crippen LogP) is 5.11. The highest BCUT2D eigenvalue weighted by molar-refractivity contribution is 7.91. The summed E-state index contributed by atoms with van der Waals surface area (Å²) in [6.07, 6.45) is 5.86. The van der Waals surface area contributed by atoms with Crippen molar-refractivity contribution < 1.29 is 13.2 Å². The van der Waals surface area contributed by atoms with Crippen molar-refractivity contribution in [3.63, 3.8) is 0 Å². The molecule has 3 aromatic rings. The molecule has 0 saturated carbocycles. The number of nitrogens with zero attached hydrogens (tertiary/aromatic N) is 2. The zero-order valence-corrected chi connectivity index (χ0v) is 17.8. The van der Waals surface area contributed by atoms with Gasteiger partial charge in [0.05, 0.1) is 23.2 Å². The minimum atomic E-state index is -3.76. The van der Waals surface area contributed by atoms with Crippen molar-refractivity contribution in [2.45, 2.75) is 35.5 Å². The molecule has 0 radical (unpaired) electrons. The molecule has 4 rings (SSSR count). The summed E-state index contributed by atoms with van der Waals surface area (Å²) in [7, 11) is -2.21. The number of methoxy groups -OCH3 is 1. The lowest BCUT2D eigenvalue weighted by Gasteiger charge is -2.27. The summed E-state index contributed by atoms with van der Waals surface area (Å²) in [5, 5.41) is 1.34. The summed E-state index contributed by atoms with van der Waals surface area (Å²) in [6, 6.07) is 11.9. The van der Waals surface area contributed by atoms with E-state index in [9.17, 15) is 8.42 Å². The molecule has 2 aromatic carbocycles. The van der Waals surface area contributed by atoms with Crippen LogP contribution in [-0.4, -0.2) is 33.6 Å². The molecular formula is C22H23ClN2O3S. The van der Waals surface area contributed by atoms with Crippen LogP contribution in [0, 0.1) is 0 Å². The largest absolute Gasteiger partial charge is 0.497 e. The summed E-state index contributed by atoms with van der Waals surface area (Å²) >= 11 is 6.27. The number of anilines is 1. The molecule has 0 spiro atoms. The summed E-state index contributed by atoms with van der Waals surface area (Å²) in [6.45, 7) is 1.63. The van der Waals surface area contributed by atoms with E-state index in [-0.39, 0.29) is 9.79 Å². The van der Waals surface area contributed by atoms with E-state index in [4.69, 9.17) is 16.3 Å². The molecule has 0 bridgehead atoms. The third-order valence-corrected chi connectivity index (χ3v) is 7.36. The maximum Gasteiger partial charge on any atom is 0.210 e. The number of benzene rings is 2. The van der Waals surface area contributed by atoms with Gasteiger partial charge >= 0.3 is 0 Å². The molecule has 2 heterocycles. The number of pyridine rings is 1. The van der Waals surface area contributed by atoms with E-state index in [0.717, 1.165) is 49.7 Å². The summed E-state index contributed by atoms with van der Waals surface area (Å²) in [5.74, 6) is 0.611. The van der Waals surface area contributed by atoms with E-state index in [0.29, 0.717) is 16.5 Å². The molecule has 0 atom stereocenters. The Kier molecular flexibility index (Phi) is 5.65. The smallest absolute Gasteiger partial charge is 0.210 e. The quantitative estimate of drug-likeness (QED) is 0.575. The van der Waals surface area contributed by atoms with Crippen LogP contribution >= 0.6 is 11.6 Å². The fraction of sp³-hybridized carbons (Fsp3) is 0.318. The van der Waals surface area contributed by atoms with Crippen molar-refractivity contribution in [3.05, 3.63) is 53.7 Å². The Balaban J connectivity index is 1.93. The Morgan fingerprint density at radius 3 is 2.34 bits per heavy atom. The Hall–Kier alpha value is -2.31. The van der Waals surface area contributed by atoms with Crippen LogP contribution in [0.3, 0.4) is 0 Å². The normalized spacial score (nSPS) is 15.3. The minimum absolute atomic E-state index is 0.220. The Morgan fingerprint density at radius 2 is 1.69 bits per heavy atom. The monoisotopic (exact) mass is 430 g/mol. The average Bonchev–Trinajstić information content (AvgIpc) is 3.02. The number of aromatic nitrogens is 1. The van der Waals surface area contributed by atoms with Gasteiger partial charge in [0, 0.05) is 29.7 Å². The van der Waals surface area contributed by atoms with E-state index in [1.165, 1.54) is 6.20 Å². The number of hydrogen-bond donors (Lipinski definition) is 0. The summed E-state index contributed by atoms with van der Waals surface area (Å²) in [4.78, 5) is 7.06. The van der Waals surface area contributed by atoms with Crippen LogP contribution in [-0.2, 0) is 9.84 Å². The van der Waals surface area contributed by atoms with Crippen molar-refractivity contribution in [1.82, 2.24) is 4.98 Å². The van der Waals surface area contributed by atoms with Crippen LogP contribution in [0.1, 0.15) is 25.7 Å². The van der Waals surface area contributed by atoms with E-state index >= 15 is 0 Å². The van der Waals surface area contributed by atoms with Crippen molar-refractivity contribution in [3.8, 4) is 5.75 Å². The first-order valence-corrected chi connectivity index (χ1v) is 11.6. The molecule has 1 saturated heterocycles. The highest BCUT2D eigenvalue weighted by atomic mass is 35.5.